The predicted octanol–water partition coefficient (Wildman–Crippen LogP) is 4.05. The lowest BCUT2D eigenvalue weighted by atomic mass is 9.85. The smallest absolute Gasteiger partial charge is 0.295 e. The lowest BCUT2D eigenvalue weighted by molar-refractivity contribution is -0.140. The summed E-state index contributed by atoms with van der Waals surface area (Å²) in [5, 5.41) is 11.2. The molecule has 2 aromatic carbocycles. The summed E-state index contributed by atoms with van der Waals surface area (Å²) in [6.07, 6.45) is 0. The highest BCUT2D eigenvalue weighted by atomic mass is 16.5. The Labute approximate surface area is 201 Å². The van der Waals surface area contributed by atoms with Gasteiger partial charge in [-0.15, -0.1) is 0 Å². The molecule has 0 spiro atoms. The SMILES string of the molecule is Cc1ccc(C(O)=C2C(=O)C(=O)N(CCN3CCOCC3)C2c2ccc(C(C)(C)C)cc2)cc1. The van der Waals surface area contributed by atoms with Gasteiger partial charge >= 0.3 is 0 Å². The van der Waals surface area contributed by atoms with Crippen molar-refractivity contribution in [1.82, 2.24) is 9.80 Å². The minimum atomic E-state index is -0.634. The molecule has 0 bridgehead atoms. The van der Waals surface area contributed by atoms with Crippen LogP contribution in [0.3, 0.4) is 0 Å². The van der Waals surface area contributed by atoms with Gasteiger partial charge in [0, 0.05) is 31.7 Å². The maximum absolute atomic E-state index is 13.2. The molecule has 2 saturated heterocycles. The van der Waals surface area contributed by atoms with Gasteiger partial charge in [-0.3, -0.25) is 14.5 Å². The van der Waals surface area contributed by atoms with Crippen LogP contribution in [0, 0.1) is 6.92 Å². The van der Waals surface area contributed by atoms with Crippen molar-refractivity contribution in [1.29, 1.82) is 0 Å². The van der Waals surface area contributed by atoms with Crippen LogP contribution in [-0.2, 0) is 19.7 Å². The first-order valence-corrected chi connectivity index (χ1v) is 11.9. The van der Waals surface area contributed by atoms with Crippen LogP contribution in [0.5, 0.6) is 0 Å². The summed E-state index contributed by atoms with van der Waals surface area (Å²) in [6, 6.07) is 14.7. The third-order valence-electron chi connectivity index (χ3n) is 6.72. The molecule has 2 aromatic rings. The topological polar surface area (TPSA) is 70.1 Å². The van der Waals surface area contributed by atoms with Gasteiger partial charge in [-0.05, 0) is 23.5 Å². The number of aliphatic hydroxyl groups is 1. The number of likely N-dealkylation sites (tertiary alicyclic amines) is 1. The first kappa shape index (κ1) is 24.2. The number of ether oxygens (including phenoxy) is 1. The zero-order valence-corrected chi connectivity index (χ0v) is 20.5. The fourth-order valence-corrected chi connectivity index (χ4v) is 4.56. The molecule has 34 heavy (non-hydrogen) atoms. The molecule has 2 aliphatic rings. The molecule has 2 aliphatic heterocycles. The second-order valence-electron chi connectivity index (χ2n) is 10.2. The van der Waals surface area contributed by atoms with Gasteiger partial charge in [0.1, 0.15) is 5.76 Å². The first-order chi connectivity index (χ1) is 16.2. The van der Waals surface area contributed by atoms with Crippen molar-refractivity contribution in [3.05, 3.63) is 76.4 Å². The lowest BCUT2D eigenvalue weighted by Gasteiger charge is -2.31. The van der Waals surface area contributed by atoms with Crippen LogP contribution in [0.1, 0.15) is 49.1 Å². The number of hydrogen-bond acceptors (Lipinski definition) is 5. The molecule has 0 radical (unpaired) electrons. The minimum absolute atomic E-state index is 0.0153. The molecule has 0 aliphatic carbocycles. The summed E-state index contributed by atoms with van der Waals surface area (Å²) in [6.45, 7) is 12.4. The lowest BCUT2D eigenvalue weighted by Crippen LogP contribution is -2.42. The van der Waals surface area contributed by atoms with E-state index < -0.39 is 17.7 Å². The Morgan fingerprint density at radius 2 is 1.59 bits per heavy atom. The van der Waals surface area contributed by atoms with Crippen LogP contribution < -0.4 is 0 Å². The quantitative estimate of drug-likeness (QED) is 0.413. The van der Waals surface area contributed by atoms with Gasteiger partial charge in [0.15, 0.2) is 0 Å². The predicted molar refractivity (Wildman–Crippen MR) is 133 cm³/mol. The van der Waals surface area contributed by atoms with Crippen molar-refractivity contribution < 1.29 is 19.4 Å². The summed E-state index contributed by atoms with van der Waals surface area (Å²) in [4.78, 5) is 30.2. The number of hydrogen-bond donors (Lipinski definition) is 1. The number of benzene rings is 2. The molecule has 180 valence electrons. The van der Waals surface area contributed by atoms with E-state index in [0.717, 1.165) is 24.2 Å². The number of Topliss-reactive ketones (excluding diaryl/α,β-unsaturated/α-hetero) is 1. The maximum Gasteiger partial charge on any atom is 0.295 e. The number of ketones is 1. The summed E-state index contributed by atoms with van der Waals surface area (Å²) < 4.78 is 5.43. The maximum atomic E-state index is 13.2. The minimum Gasteiger partial charge on any atom is -0.507 e. The zero-order valence-electron chi connectivity index (χ0n) is 20.5. The number of morpholine rings is 1. The van der Waals surface area contributed by atoms with E-state index in [2.05, 4.69) is 25.7 Å². The molecule has 2 fully saturated rings. The fraction of sp³-hybridized carbons (Fsp3) is 0.429. The Balaban J connectivity index is 1.74. The monoisotopic (exact) mass is 462 g/mol. The van der Waals surface area contributed by atoms with Crippen LogP contribution in [0.4, 0.5) is 0 Å². The van der Waals surface area contributed by atoms with Gasteiger partial charge in [0.25, 0.3) is 11.7 Å². The highest BCUT2D eigenvalue weighted by Crippen LogP contribution is 2.40. The summed E-state index contributed by atoms with van der Waals surface area (Å²) >= 11 is 0. The molecule has 6 nitrogen and oxygen atoms in total. The van der Waals surface area contributed by atoms with E-state index in [9.17, 15) is 14.7 Å². The Kier molecular flexibility index (Phi) is 6.91. The number of aliphatic hydroxyl groups excluding tert-OH is 1. The average Bonchev–Trinajstić information content (AvgIpc) is 3.08. The van der Waals surface area contributed by atoms with Crippen LogP contribution in [0.2, 0.25) is 0 Å². The average molecular weight is 463 g/mol. The van der Waals surface area contributed by atoms with Crippen molar-refractivity contribution in [2.24, 2.45) is 0 Å². The highest BCUT2D eigenvalue weighted by Gasteiger charge is 2.46. The fourth-order valence-electron chi connectivity index (χ4n) is 4.56. The van der Waals surface area contributed by atoms with Gasteiger partial charge in [0.2, 0.25) is 0 Å². The zero-order chi connectivity index (χ0) is 24.5. The van der Waals surface area contributed by atoms with E-state index in [1.54, 1.807) is 17.0 Å². The van der Waals surface area contributed by atoms with Crippen molar-refractivity contribution in [3.63, 3.8) is 0 Å². The summed E-state index contributed by atoms with van der Waals surface area (Å²) in [7, 11) is 0. The largest absolute Gasteiger partial charge is 0.507 e. The Morgan fingerprint density at radius 3 is 2.18 bits per heavy atom. The van der Waals surface area contributed by atoms with Gasteiger partial charge in [0.05, 0.1) is 24.8 Å². The van der Waals surface area contributed by atoms with E-state index in [0.29, 0.717) is 31.9 Å². The summed E-state index contributed by atoms with van der Waals surface area (Å²) in [5.41, 5.74) is 3.71. The number of carbonyl (C=O) groups excluding carboxylic acids is 2. The second-order valence-corrected chi connectivity index (χ2v) is 10.2. The van der Waals surface area contributed by atoms with Crippen LogP contribution in [0.25, 0.3) is 5.76 Å². The van der Waals surface area contributed by atoms with Crippen molar-refractivity contribution in [3.8, 4) is 0 Å². The molecule has 1 unspecified atom stereocenters. The van der Waals surface area contributed by atoms with Crippen LogP contribution in [-0.4, -0.2) is 66.0 Å². The van der Waals surface area contributed by atoms with Crippen molar-refractivity contribution >= 4 is 17.4 Å². The molecule has 6 heteroatoms. The third kappa shape index (κ3) is 4.93. The van der Waals surface area contributed by atoms with Crippen LogP contribution in [0.15, 0.2) is 54.1 Å². The number of nitrogens with zero attached hydrogens (tertiary/aromatic N) is 2. The Morgan fingerprint density at radius 1 is 0.971 bits per heavy atom. The molecular weight excluding hydrogens is 428 g/mol. The Hall–Kier alpha value is -2.96. The molecule has 1 N–H and O–H groups in total. The molecule has 0 aromatic heterocycles. The number of aryl methyl sites for hydroxylation is 1. The molecule has 0 saturated carbocycles. The normalized spacial score (nSPS) is 21.3. The van der Waals surface area contributed by atoms with Gasteiger partial charge in [-0.1, -0.05) is 74.9 Å². The van der Waals surface area contributed by atoms with E-state index in [-0.39, 0.29) is 16.7 Å². The van der Waals surface area contributed by atoms with Crippen molar-refractivity contribution in [2.75, 3.05) is 39.4 Å². The molecule has 4 rings (SSSR count). The standard InChI is InChI=1S/C28H34N2O4/c1-19-5-7-21(8-6-19)25(31)23-24(20-9-11-22(12-10-20)28(2,3)4)30(27(33)26(23)32)14-13-29-15-17-34-18-16-29/h5-12,24,31H,13-18H2,1-4H3. The molecule has 1 atom stereocenters. The number of carbonyl (C=O) groups is 2. The first-order valence-electron chi connectivity index (χ1n) is 11.9. The van der Waals surface area contributed by atoms with Crippen molar-refractivity contribution in [2.45, 2.75) is 39.2 Å². The van der Waals surface area contributed by atoms with E-state index in [1.165, 1.54) is 5.56 Å². The van der Waals surface area contributed by atoms with Gasteiger partial charge < -0.3 is 14.7 Å². The van der Waals surface area contributed by atoms with E-state index in [1.807, 2.05) is 43.3 Å². The van der Waals surface area contributed by atoms with Crippen LogP contribution >= 0.6 is 0 Å². The summed E-state index contributed by atoms with van der Waals surface area (Å²) in [5.74, 6) is -1.33. The third-order valence-corrected chi connectivity index (χ3v) is 6.72. The van der Waals surface area contributed by atoms with E-state index >= 15 is 0 Å². The highest BCUT2D eigenvalue weighted by molar-refractivity contribution is 6.46. The second kappa shape index (κ2) is 9.72. The van der Waals surface area contributed by atoms with Gasteiger partial charge in [-0.25, -0.2) is 0 Å². The van der Waals surface area contributed by atoms with Gasteiger partial charge in [-0.2, -0.15) is 0 Å². The number of amides is 1. The number of rotatable bonds is 5. The molecule has 2 heterocycles. The molecule has 1 amide bonds. The molecular formula is C28H34N2O4. The Bertz CT molecular complexity index is 1070. The van der Waals surface area contributed by atoms with E-state index in [4.69, 9.17) is 4.74 Å².